The van der Waals surface area contributed by atoms with E-state index in [0.29, 0.717) is 11.9 Å². The summed E-state index contributed by atoms with van der Waals surface area (Å²) in [4.78, 5) is 6.93. The van der Waals surface area contributed by atoms with Gasteiger partial charge in [-0.15, -0.1) is 10.2 Å². The van der Waals surface area contributed by atoms with Crippen LogP contribution in [-0.2, 0) is 6.42 Å². The standard InChI is InChI=1S/C18H28N6OS/c1-4-5-15-19-16(25-22-15)13(3)26-18-21-20-17(24(18)14-6-7-14)23-10-8-12(2)9-11-23/h12-14H,4-11H2,1-3H3. The molecule has 2 fully saturated rings. The maximum atomic E-state index is 5.45. The van der Waals surface area contributed by atoms with E-state index in [2.05, 4.69) is 50.6 Å². The average Bonchev–Trinajstić information content (AvgIpc) is 3.21. The Balaban J connectivity index is 1.51. The maximum Gasteiger partial charge on any atom is 0.239 e. The highest BCUT2D eigenvalue weighted by molar-refractivity contribution is 7.99. The van der Waals surface area contributed by atoms with E-state index in [9.17, 15) is 0 Å². The van der Waals surface area contributed by atoms with Crippen molar-refractivity contribution in [1.29, 1.82) is 0 Å². The molecule has 26 heavy (non-hydrogen) atoms. The second kappa shape index (κ2) is 7.58. The Morgan fingerprint density at radius 1 is 1.19 bits per heavy atom. The van der Waals surface area contributed by atoms with E-state index in [-0.39, 0.29) is 5.25 Å². The molecule has 3 heterocycles. The van der Waals surface area contributed by atoms with Crippen molar-refractivity contribution < 1.29 is 4.52 Å². The first-order chi connectivity index (χ1) is 12.7. The van der Waals surface area contributed by atoms with Crippen molar-refractivity contribution in [2.75, 3.05) is 18.0 Å². The third-order valence-electron chi connectivity index (χ3n) is 5.21. The summed E-state index contributed by atoms with van der Waals surface area (Å²) in [5.41, 5.74) is 0. The number of aryl methyl sites for hydroxylation is 1. The van der Waals surface area contributed by atoms with E-state index in [0.717, 1.165) is 48.8 Å². The molecule has 0 spiro atoms. The quantitative estimate of drug-likeness (QED) is 0.675. The van der Waals surface area contributed by atoms with Crippen molar-refractivity contribution in [1.82, 2.24) is 24.9 Å². The van der Waals surface area contributed by atoms with Crippen LogP contribution >= 0.6 is 11.8 Å². The molecule has 1 aliphatic heterocycles. The van der Waals surface area contributed by atoms with Crippen LogP contribution in [-0.4, -0.2) is 38.0 Å². The highest BCUT2D eigenvalue weighted by atomic mass is 32.2. The molecule has 0 N–H and O–H groups in total. The Bertz CT molecular complexity index is 732. The number of rotatable bonds is 7. The Hall–Kier alpha value is -1.57. The van der Waals surface area contributed by atoms with Crippen LogP contribution in [0.2, 0.25) is 0 Å². The molecular weight excluding hydrogens is 348 g/mol. The van der Waals surface area contributed by atoms with Gasteiger partial charge in [0.25, 0.3) is 0 Å². The molecule has 0 amide bonds. The van der Waals surface area contributed by atoms with Crippen LogP contribution in [0.1, 0.15) is 75.9 Å². The van der Waals surface area contributed by atoms with Crippen LogP contribution in [0.4, 0.5) is 5.95 Å². The summed E-state index contributed by atoms with van der Waals surface area (Å²) in [6, 6.07) is 0.549. The molecule has 1 saturated heterocycles. The topological polar surface area (TPSA) is 72.9 Å². The van der Waals surface area contributed by atoms with Crippen LogP contribution < -0.4 is 4.90 Å². The van der Waals surface area contributed by atoms with E-state index < -0.39 is 0 Å². The Kier molecular flexibility index (Phi) is 5.20. The lowest BCUT2D eigenvalue weighted by Gasteiger charge is -2.31. The summed E-state index contributed by atoms with van der Waals surface area (Å²) in [6.07, 6.45) is 6.79. The van der Waals surface area contributed by atoms with E-state index in [1.54, 1.807) is 11.8 Å². The summed E-state index contributed by atoms with van der Waals surface area (Å²) in [6.45, 7) is 8.72. The normalized spacial score (nSPS) is 19.9. The molecule has 2 aromatic rings. The minimum atomic E-state index is 0.0732. The van der Waals surface area contributed by atoms with Gasteiger partial charge < -0.3 is 9.42 Å². The van der Waals surface area contributed by atoms with Crippen molar-refractivity contribution in [3.05, 3.63) is 11.7 Å². The van der Waals surface area contributed by atoms with Crippen molar-refractivity contribution in [3.63, 3.8) is 0 Å². The van der Waals surface area contributed by atoms with E-state index in [4.69, 9.17) is 4.52 Å². The number of hydrogen-bond donors (Lipinski definition) is 0. The van der Waals surface area contributed by atoms with Crippen molar-refractivity contribution in [2.24, 2.45) is 5.92 Å². The van der Waals surface area contributed by atoms with Crippen molar-refractivity contribution >= 4 is 17.7 Å². The molecule has 1 saturated carbocycles. The molecule has 1 aliphatic carbocycles. The first-order valence-electron chi connectivity index (χ1n) is 9.84. The largest absolute Gasteiger partial charge is 0.341 e. The molecule has 2 aliphatic rings. The summed E-state index contributed by atoms with van der Waals surface area (Å²) < 4.78 is 7.80. The minimum Gasteiger partial charge on any atom is -0.341 e. The van der Waals surface area contributed by atoms with Gasteiger partial charge in [-0.05, 0) is 44.9 Å². The van der Waals surface area contributed by atoms with Crippen LogP contribution in [0.5, 0.6) is 0 Å². The predicted molar refractivity (Wildman–Crippen MR) is 101 cm³/mol. The van der Waals surface area contributed by atoms with Crippen molar-refractivity contribution in [2.45, 2.75) is 75.7 Å². The van der Waals surface area contributed by atoms with Gasteiger partial charge in [0.2, 0.25) is 11.8 Å². The van der Waals surface area contributed by atoms with E-state index in [1.165, 1.54) is 25.7 Å². The fourth-order valence-electron chi connectivity index (χ4n) is 3.39. The van der Waals surface area contributed by atoms with Gasteiger partial charge >= 0.3 is 0 Å². The Labute approximate surface area is 158 Å². The monoisotopic (exact) mass is 376 g/mol. The Morgan fingerprint density at radius 2 is 1.96 bits per heavy atom. The summed E-state index contributed by atoms with van der Waals surface area (Å²) in [5, 5.41) is 14.2. The van der Waals surface area contributed by atoms with Crippen LogP contribution in [0, 0.1) is 5.92 Å². The molecular formula is C18H28N6OS. The molecule has 8 heteroatoms. The molecule has 4 rings (SSSR count). The fourth-order valence-corrected chi connectivity index (χ4v) is 4.34. The highest BCUT2D eigenvalue weighted by Crippen LogP contribution is 2.44. The van der Waals surface area contributed by atoms with Crippen molar-refractivity contribution in [3.8, 4) is 0 Å². The number of thioether (sulfide) groups is 1. The lowest BCUT2D eigenvalue weighted by molar-refractivity contribution is 0.374. The smallest absolute Gasteiger partial charge is 0.239 e. The average molecular weight is 377 g/mol. The third-order valence-corrected chi connectivity index (χ3v) is 6.26. The first-order valence-corrected chi connectivity index (χ1v) is 10.7. The number of anilines is 1. The SMILES string of the molecule is CCCc1noc(C(C)Sc2nnc(N3CCC(C)CC3)n2C2CC2)n1. The lowest BCUT2D eigenvalue weighted by Crippen LogP contribution is -2.34. The second-order valence-corrected chi connectivity index (χ2v) is 8.92. The zero-order valence-electron chi connectivity index (χ0n) is 15.9. The molecule has 2 aromatic heterocycles. The molecule has 1 atom stereocenters. The minimum absolute atomic E-state index is 0.0732. The van der Waals surface area contributed by atoms with Gasteiger partial charge in [0.05, 0.1) is 5.25 Å². The van der Waals surface area contributed by atoms with Crippen LogP contribution in [0.25, 0.3) is 0 Å². The van der Waals surface area contributed by atoms with Crippen LogP contribution in [0.15, 0.2) is 9.68 Å². The highest BCUT2D eigenvalue weighted by Gasteiger charge is 2.33. The molecule has 0 radical (unpaired) electrons. The number of nitrogens with zero attached hydrogens (tertiary/aromatic N) is 6. The Morgan fingerprint density at radius 3 is 2.65 bits per heavy atom. The van der Waals surface area contributed by atoms with Gasteiger partial charge in [0, 0.05) is 25.6 Å². The van der Waals surface area contributed by atoms with Gasteiger partial charge in [0.15, 0.2) is 11.0 Å². The zero-order chi connectivity index (χ0) is 18.1. The summed E-state index contributed by atoms with van der Waals surface area (Å²) >= 11 is 1.67. The summed E-state index contributed by atoms with van der Waals surface area (Å²) in [7, 11) is 0. The third kappa shape index (κ3) is 3.75. The number of hydrogen-bond acceptors (Lipinski definition) is 7. The molecule has 1 unspecified atom stereocenters. The molecule has 142 valence electrons. The summed E-state index contributed by atoms with van der Waals surface area (Å²) in [5.74, 6) is 3.33. The molecule has 7 nitrogen and oxygen atoms in total. The molecule has 0 bridgehead atoms. The first kappa shape index (κ1) is 17.8. The van der Waals surface area contributed by atoms with Gasteiger partial charge in [-0.1, -0.05) is 30.8 Å². The van der Waals surface area contributed by atoms with Gasteiger partial charge in [0.1, 0.15) is 0 Å². The number of piperidine rings is 1. The van der Waals surface area contributed by atoms with E-state index >= 15 is 0 Å². The molecule has 0 aromatic carbocycles. The lowest BCUT2D eigenvalue weighted by atomic mass is 10.00. The van der Waals surface area contributed by atoms with Crippen LogP contribution in [0.3, 0.4) is 0 Å². The van der Waals surface area contributed by atoms with Gasteiger partial charge in [-0.3, -0.25) is 4.57 Å². The van der Waals surface area contributed by atoms with Gasteiger partial charge in [-0.2, -0.15) is 4.98 Å². The van der Waals surface area contributed by atoms with E-state index in [1.807, 2.05) is 0 Å². The predicted octanol–water partition coefficient (Wildman–Crippen LogP) is 4.04. The maximum absolute atomic E-state index is 5.45. The zero-order valence-corrected chi connectivity index (χ0v) is 16.7. The fraction of sp³-hybridized carbons (Fsp3) is 0.778. The second-order valence-electron chi connectivity index (χ2n) is 7.61. The van der Waals surface area contributed by atoms with Gasteiger partial charge in [-0.25, -0.2) is 0 Å². The number of aromatic nitrogens is 5.